The molecule has 1 aromatic carbocycles. The summed E-state index contributed by atoms with van der Waals surface area (Å²) in [5.74, 6) is -0.265. The van der Waals surface area contributed by atoms with Crippen LogP contribution < -0.4 is 0 Å². The van der Waals surface area contributed by atoms with Crippen LogP contribution in [0.15, 0.2) is 35.4 Å². The van der Waals surface area contributed by atoms with E-state index in [0.717, 1.165) is 5.01 Å². The van der Waals surface area contributed by atoms with E-state index in [9.17, 15) is 9.90 Å². The van der Waals surface area contributed by atoms with Crippen molar-refractivity contribution >= 4 is 12.1 Å². The van der Waals surface area contributed by atoms with Gasteiger partial charge in [0.15, 0.2) is 6.23 Å². The van der Waals surface area contributed by atoms with E-state index in [0.29, 0.717) is 18.4 Å². The van der Waals surface area contributed by atoms with Crippen molar-refractivity contribution in [1.29, 1.82) is 0 Å². The van der Waals surface area contributed by atoms with Gasteiger partial charge in [0, 0.05) is 11.8 Å². The van der Waals surface area contributed by atoms with Crippen LogP contribution in [0.4, 0.5) is 0 Å². The van der Waals surface area contributed by atoms with Crippen molar-refractivity contribution in [2.24, 2.45) is 5.10 Å². The van der Waals surface area contributed by atoms with Crippen molar-refractivity contribution in [3.63, 3.8) is 0 Å². The highest BCUT2D eigenvalue weighted by Gasteiger charge is 2.23. The van der Waals surface area contributed by atoms with Crippen molar-refractivity contribution in [2.75, 3.05) is 0 Å². The van der Waals surface area contributed by atoms with Gasteiger partial charge in [0.05, 0.1) is 0 Å². The Morgan fingerprint density at radius 3 is 2.80 bits per heavy atom. The highest BCUT2D eigenvalue weighted by molar-refractivity contribution is 5.94. The number of amides is 1. The number of nitrogens with zero attached hydrogens (tertiary/aromatic N) is 2. The average molecular weight is 204 g/mol. The number of carbonyl (C=O) groups excluding carboxylic acids is 1. The zero-order valence-corrected chi connectivity index (χ0v) is 8.21. The van der Waals surface area contributed by atoms with Crippen LogP contribution in [0.25, 0.3) is 0 Å². The fourth-order valence-electron chi connectivity index (χ4n) is 1.47. The van der Waals surface area contributed by atoms with Crippen LogP contribution in [0.2, 0.25) is 0 Å². The van der Waals surface area contributed by atoms with E-state index in [2.05, 4.69) is 5.10 Å². The van der Waals surface area contributed by atoms with Gasteiger partial charge in [-0.05, 0) is 25.0 Å². The molecule has 15 heavy (non-hydrogen) atoms. The van der Waals surface area contributed by atoms with Gasteiger partial charge < -0.3 is 5.11 Å². The van der Waals surface area contributed by atoms with E-state index < -0.39 is 6.23 Å². The molecule has 0 fully saturated rings. The molecule has 0 saturated carbocycles. The Kier molecular flexibility index (Phi) is 2.78. The summed E-state index contributed by atoms with van der Waals surface area (Å²) >= 11 is 0. The summed E-state index contributed by atoms with van der Waals surface area (Å²) in [6.45, 7) is 0. The number of rotatable bonds is 1. The summed E-state index contributed by atoms with van der Waals surface area (Å²) in [5, 5.41) is 14.6. The number of hydrogen-bond acceptors (Lipinski definition) is 3. The summed E-state index contributed by atoms with van der Waals surface area (Å²) in [7, 11) is 0. The number of benzene rings is 1. The van der Waals surface area contributed by atoms with Crippen LogP contribution in [0.1, 0.15) is 23.2 Å². The van der Waals surface area contributed by atoms with Gasteiger partial charge in [0.25, 0.3) is 5.91 Å². The lowest BCUT2D eigenvalue weighted by molar-refractivity contribution is 0.00168. The first-order valence-electron chi connectivity index (χ1n) is 4.88. The lowest BCUT2D eigenvalue weighted by atomic mass is 10.2. The van der Waals surface area contributed by atoms with Crippen molar-refractivity contribution in [2.45, 2.75) is 19.1 Å². The van der Waals surface area contributed by atoms with Crippen molar-refractivity contribution in [3.05, 3.63) is 35.9 Å². The van der Waals surface area contributed by atoms with Gasteiger partial charge in [-0.1, -0.05) is 18.2 Å². The predicted molar refractivity (Wildman–Crippen MR) is 56.3 cm³/mol. The maximum absolute atomic E-state index is 11.9. The van der Waals surface area contributed by atoms with Crippen LogP contribution in [-0.2, 0) is 0 Å². The normalized spacial score (nSPS) is 20.3. The van der Waals surface area contributed by atoms with Crippen LogP contribution in [0.5, 0.6) is 0 Å². The second-order valence-electron chi connectivity index (χ2n) is 3.37. The molecule has 0 bridgehead atoms. The Morgan fingerprint density at radius 1 is 1.40 bits per heavy atom. The first-order chi connectivity index (χ1) is 7.29. The smallest absolute Gasteiger partial charge is 0.276 e. The van der Waals surface area contributed by atoms with Crippen LogP contribution in [-0.4, -0.2) is 28.5 Å². The Balaban J connectivity index is 2.21. The van der Waals surface area contributed by atoms with Crippen molar-refractivity contribution in [3.8, 4) is 0 Å². The number of carbonyl (C=O) groups is 1. The molecule has 1 N–H and O–H groups in total. The summed E-state index contributed by atoms with van der Waals surface area (Å²) in [4.78, 5) is 11.9. The molecular formula is C11H12N2O2. The minimum Gasteiger partial charge on any atom is -0.372 e. The topological polar surface area (TPSA) is 52.9 Å². The summed E-state index contributed by atoms with van der Waals surface area (Å²) in [6, 6.07) is 8.82. The average Bonchev–Trinajstić information content (AvgIpc) is 2.30. The molecule has 1 aromatic rings. The molecule has 4 nitrogen and oxygen atoms in total. The maximum atomic E-state index is 11.9. The molecule has 1 atom stereocenters. The third-order valence-corrected chi connectivity index (χ3v) is 2.27. The quantitative estimate of drug-likeness (QED) is 0.748. The molecule has 1 aliphatic rings. The first kappa shape index (κ1) is 9.86. The third kappa shape index (κ3) is 2.05. The van der Waals surface area contributed by atoms with E-state index in [1.807, 2.05) is 6.07 Å². The molecule has 0 spiro atoms. The van der Waals surface area contributed by atoms with E-state index in [1.54, 1.807) is 30.5 Å². The number of hydrazone groups is 1. The van der Waals surface area contributed by atoms with Gasteiger partial charge in [0.2, 0.25) is 0 Å². The first-order valence-corrected chi connectivity index (χ1v) is 4.88. The Labute approximate surface area is 87.8 Å². The molecule has 0 saturated heterocycles. The number of aliphatic hydroxyl groups is 1. The van der Waals surface area contributed by atoms with E-state index in [4.69, 9.17) is 0 Å². The molecule has 0 aliphatic carbocycles. The Bertz CT molecular complexity index is 375. The third-order valence-electron chi connectivity index (χ3n) is 2.27. The fraction of sp³-hybridized carbons (Fsp3) is 0.273. The maximum Gasteiger partial charge on any atom is 0.276 e. The Hall–Kier alpha value is -1.68. The molecule has 0 aromatic heterocycles. The molecule has 0 radical (unpaired) electrons. The van der Waals surface area contributed by atoms with Crippen molar-refractivity contribution < 1.29 is 9.90 Å². The zero-order chi connectivity index (χ0) is 10.7. The minimum absolute atomic E-state index is 0.265. The molecule has 1 heterocycles. The standard InChI is InChI=1S/C11H12N2O2/c14-10-7-4-8-12-13(10)11(15)9-5-2-1-3-6-9/h1-3,5-6,8,10,14H,4,7H2. The van der Waals surface area contributed by atoms with Crippen LogP contribution >= 0.6 is 0 Å². The number of hydrogen-bond donors (Lipinski definition) is 1. The lowest BCUT2D eigenvalue weighted by Gasteiger charge is -2.25. The molecule has 1 unspecified atom stereocenters. The van der Waals surface area contributed by atoms with Crippen LogP contribution in [0.3, 0.4) is 0 Å². The number of aliphatic hydroxyl groups excluding tert-OH is 1. The summed E-state index contributed by atoms with van der Waals surface area (Å²) in [5.41, 5.74) is 0.538. The summed E-state index contributed by atoms with van der Waals surface area (Å²) < 4.78 is 0. The Morgan fingerprint density at radius 2 is 2.13 bits per heavy atom. The van der Waals surface area contributed by atoms with E-state index in [-0.39, 0.29) is 5.91 Å². The highest BCUT2D eigenvalue weighted by Crippen LogP contribution is 2.13. The predicted octanol–water partition coefficient (Wildman–Crippen LogP) is 1.23. The van der Waals surface area contributed by atoms with Crippen LogP contribution in [0, 0.1) is 0 Å². The second-order valence-corrected chi connectivity index (χ2v) is 3.37. The van der Waals surface area contributed by atoms with Gasteiger partial charge in [0.1, 0.15) is 0 Å². The largest absolute Gasteiger partial charge is 0.372 e. The fourth-order valence-corrected chi connectivity index (χ4v) is 1.47. The van der Waals surface area contributed by atoms with Gasteiger partial charge in [-0.3, -0.25) is 4.79 Å². The van der Waals surface area contributed by atoms with Gasteiger partial charge in [-0.25, -0.2) is 5.01 Å². The minimum atomic E-state index is -0.803. The van der Waals surface area contributed by atoms with E-state index in [1.165, 1.54) is 0 Å². The summed E-state index contributed by atoms with van der Waals surface area (Å²) in [6.07, 6.45) is 2.10. The monoisotopic (exact) mass is 204 g/mol. The van der Waals surface area contributed by atoms with E-state index >= 15 is 0 Å². The highest BCUT2D eigenvalue weighted by atomic mass is 16.3. The molecule has 1 amide bonds. The lowest BCUT2D eigenvalue weighted by Crippen LogP contribution is -2.38. The SMILES string of the molecule is O=C(c1ccccc1)N1N=CCCC1O. The van der Waals surface area contributed by atoms with Crippen molar-refractivity contribution in [1.82, 2.24) is 5.01 Å². The molecule has 1 aliphatic heterocycles. The molecule has 78 valence electrons. The molecule has 4 heteroatoms. The second kappa shape index (κ2) is 4.23. The molecule has 2 rings (SSSR count). The molecular weight excluding hydrogens is 192 g/mol. The van der Waals surface area contributed by atoms with Gasteiger partial charge >= 0.3 is 0 Å². The zero-order valence-electron chi connectivity index (χ0n) is 8.21. The van der Waals surface area contributed by atoms with Gasteiger partial charge in [-0.15, -0.1) is 0 Å². The van der Waals surface area contributed by atoms with Gasteiger partial charge in [-0.2, -0.15) is 5.10 Å².